The van der Waals surface area contributed by atoms with Gasteiger partial charge in [-0.05, 0) is 36.0 Å². The molecule has 2 aromatic rings. The van der Waals surface area contributed by atoms with Gasteiger partial charge in [0.05, 0.1) is 0 Å². The summed E-state index contributed by atoms with van der Waals surface area (Å²) >= 11 is 7.32. The van der Waals surface area contributed by atoms with Gasteiger partial charge in [0.1, 0.15) is 16.6 Å². The van der Waals surface area contributed by atoms with Gasteiger partial charge in [0.15, 0.2) is 5.15 Å². The molecule has 1 fully saturated rings. The molecule has 5 nitrogen and oxygen atoms in total. The van der Waals surface area contributed by atoms with E-state index >= 15 is 0 Å². The lowest BCUT2D eigenvalue weighted by molar-refractivity contribution is -0.127. The average molecular weight is 373 g/mol. The molecule has 1 unspecified atom stereocenters. The molecule has 128 valence electrons. The third-order valence-corrected chi connectivity index (χ3v) is 6.22. The SMILES string of the molecule is N#Cc1c(Cl)nsc1N1CC(CCN2CCCC2=O)c2ccccc21. The van der Waals surface area contributed by atoms with E-state index in [1.54, 1.807) is 0 Å². The van der Waals surface area contributed by atoms with Crippen LogP contribution in [0.3, 0.4) is 0 Å². The monoisotopic (exact) mass is 372 g/mol. The molecule has 1 aromatic heterocycles. The Kier molecular flexibility index (Phi) is 4.36. The second-order valence-corrected chi connectivity index (χ2v) is 7.51. The van der Waals surface area contributed by atoms with E-state index in [1.165, 1.54) is 17.1 Å². The largest absolute Gasteiger partial charge is 0.343 e. The van der Waals surface area contributed by atoms with Crippen LogP contribution >= 0.6 is 23.1 Å². The minimum Gasteiger partial charge on any atom is -0.343 e. The number of aromatic nitrogens is 1. The Bertz CT molecular complexity index is 859. The van der Waals surface area contributed by atoms with Crippen LogP contribution in [0.25, 0.3) is 0 Å². The van der Waals surface area contributed by atoms with Crippen LogP contribution in [0.2, 0.25) is 5.15 Å². The Morgan fingerprint density at radius 3 is 3.00 bits per heavy atom. The molecule has 0 bridgehead atoms. The van der Waals surface area contributed by atoms with Gasteiger partial charge in [-0.15, -0.1) is 0 Å². The third-order valence-electron chi connectivity index (χ3n) is 4.98. The average Bonchev–Trinajstić information content (AvgIpc) is 3.30. The fourth-order valence-corrected chi connectivity index (χ4v) is 4.78. The maximum atomic E-state index is 11.9. The van der Waals surface area contributed by atoms with E-state index in [1.807, 2.05) is 17.0 Å². The zero-order chi connectivity index (χ0) is 17.4. The van der Waals surface area contributed by atoms with Crippen molar-refractivity contribution in [2.24, 2.45) is 0 Å². The van der Waals surface area contributed by atoms with Gasteiger partial charge in [-0.1, -0.05) is 29.8 Å². The van der Waals surface area contributed by atoms with Crippen molar-refractivity contribution >= 4 is 39.7 Å². The van der Waals surface area contributed by atoms with Crippen LogP contribution in [0, 0.1) is 11.3 Å². The molecule has 0 aliphatic carbocycles. The molecule has 2 aliphatic rings. The minimum atomic E-state index is 0.268. The first-order valence-corrected chi connectivity index (χ1v) is 9.53. The summed E-state index contributed by atoms with van der Waals surface area (Å²) in [6.07, 6.45) is 2.57. The predicted molar refractivity (Wildman–Crippen MR) is 98.5 cm³/mol. The number of nitriles is 1. The van der Waals surface area contributed by atoms with Crippen molar-refractivity contribution in [3.63, 3.8) is 0 Å². The number of halogens is 1. The van der Waals surface area contributed by atoms with Crippen molar-refractivity contribution in [1.29, 1.82) is 5.26 Å². The molecule has 4 rings (SSSR count). The summed E-state index contributed by atoms with van der Waals surface area (Å²) in [5.41, 5.74) is 2.82. The summed E-state index contributed by atoms with van der Waals surface area (Å²) in [7, 11) is 0. The van der Waals surface area contributed by atoms with Crippen molar-refractivity contribution < 1.29 is 4.79 Å². The first kappa shape index (κ1) is 16.4. The van der Waals surface area contributed by atoms with Gasteiger partial charge in [0.2, 0.25) is 5.91 Å². The summed E-state index contributed by atoms with van der Waals surface area (Å²) in [5.74, 6) is 0.598. The van der Waals surface area contributed by atoms with Gasteiger partial charge in [-0.25, -0.2) is 0 Å². The maximum absolute atomic E-state index is 11.9. The molecule has 1 atom stereocenters. The zero-order valence-electron chi connectivity index (χ0n) is 13.6. The first-order valence-electron chi connectivity index (χ1n) is 8.38. The van der Waals surface area contributed by atoms with Crippen LogP contribution in [0.4, 0.5) is 10.7 Å². The molecule has 2 aliphatic heterocycles. The number of likely N-dealkylation sites (tertiary alicyclic amines) is 1. The van der Waals surface area contributed by atoms with Gasteiger partial charge in [0.25, 0.3) is 0 Å². The standard InChI is InChI=1S/C18H17ClN4OS/c19-17-14(10-20)18(25-21-17)23-11-12(13-4-1-2-5-15(13)23)7-9-22-8-3-6-16(22)24/h1-2,4-5,12H,3,6-9,11H2. The number of rotatable bonds is 4. The minimum absolute atomic E-state index is 0.268. The molecule has 1 aromatic carbocycles. The molecule has 0 radical (unpaired) electrons. The smallest absolute Gasteiger partial charge is 0.222 e. The number of carbonyl (C=O) groups excluding carboxylic acids is 1. The van der Waals surface area contributed by atoms with Gasteiger partial charge in [0, 0.05) is 37.7 Å². The van der Waals surface area contributed by atoms with Gasteiger partial charge in [-0.3, -0.25) is 4.79 Å². The lowest BCUT2D eigenvalue weighted by Gasteiger charge is -2.20. The molecule has 0 saturated carbocycles. The molecule has 25 heavy (non-hydrogen) atoms. The number of nitrogens with zero attached hydrogens (tertiary/aromatic N) is 4. The number of fused-ring (bicyclic) bond motifs is 1. The normalized spacial score (nSPS) is 19.4. The van der Waals surface area contributed by atoms with E-state index in [2.05, 4.69) is 27.5 Å². The van der Waals surface area contributed by atoms with Crippen molar-refractivity contribution in [3.8, 4) is 6.07 Å². The number of benzene rings is 1. The van der Waals surface area contributed by atoms with Crippen LogP contribution in [0.15, 0.2) is 24.3 Å². The lowest BCUT2D eigenvalue weighted by Crippen LogP contribution is -2.27. The molecular weight excluding hydrogens is 356 g/mol. The van der Waals surface area contributed by atoms with E-state index in [0.29, 0.717) is 17.9 Å². The maximum Gasteiger partial charge on any atom is 0.222 e. The number of anilines is 2. The van der Waals surface area contributed by atoms with Crippen LogP contribution in [-0.2, 0) is 4.79 Å². The third kappa shape index (κ3) is 2.88. The summed E-state index contributed by atoms with van der Waals surface area (Å²) in [6, 6.07) is 10.4. The predicted octanol–water partition coefficient (Wildman–Crippen LogP) is 3.92. The second-order valence-electron chi connectivity index (χ2n) is 6.40. The van der Waals surface area contributed by atoms with Crippen LogP contribution in [-0.4, -0.2) is 34.8 Å². The Morgan fingerprint density at radius 2 is 2.24 bits per heavy atom. The van der Waals surface area contributed by atoms with E-state index in [4.69, 9.17) is 11.6 Å². The molecule has 0 spiro atoms. The van der Waals surface area contributed by atoms with Crippen molar-refractivity contribution in [1.82, 2.24) is 9.27 Å². The number of amides is 1. The van der Waals surface area contributed by atoms with E-state index in [-0.39, 0.29) is 11.1 Å². The Hall–Kier alpha value is -2.10. The van der Waals surface area contributed by atoms with E-state index < -0.39 is 0 Å². The molecular formula is C18H17ClN4OS. The van der Waals surface area contributed by atoms with Gasteiger partial charge >= 0.3 is 0 Å². The quantitative estimate of drug-likeness (QED) is 0.816. The Labute approximate surface area is 155 Å². The number of hydrogen-bond donors (Lipinski definition) is 0. The van der Waals surface area contributed by atoms with Gasteiger partial charge < -0.3 is 9.80 Å². The molecule has 7 heteroatoms. The topological polar surface area (TPSA) is 60.2 Å². The molecule has 1 saturated heterocycles. The van der Waals surface area contributed by atoms with Crippen LogP contribution in [0.5, 0.6) is 0 Å². The van der Waals surface area contributed by atoms with Gasteiger partial charge in [-0.2, -0.15) is 9.64 Å². The fourth-order valence-electron chi connectivity index (χ4n) is 3.73. The highest BCUT2D eigenvalue weighted by molar-refractivity contribution is 7.11. The van der Waals surface area contributed by atoms with E-state index in [9.17, 15) is 10.1 Å². The summed E-state index contributed by atoms with van der Waals surface area (Å²) in [4.78, 5) is 16.0. The van der Waals surface area contributed by atoms with E-state index in [0.717, 1.165) is 43.2 Å². The summed E-state index contributed by atoms with van der Waals surface area (Å²) < 4.78 is 4.14. The Morgan fingerprint density at radius 1 is 1.40 bits per heavy atom. The highest BCUT2D eigenvalue weighted by Gasteiger charge is 2.33. The van der Waals surface area contributed by atoms with Crippen LogP contribution < -0.4 is 4.90 Å². The van der Waals surface area contributed by atoms with Crippen molar-refractivity contribution in [2.75, 3.05) is 24.5 Å². The molecule has 0 N–H and O–H groups in total. The number of hydrogen-bond acceptors (Lipinski definition) is 5. The Balaban J connectivity index is 1.59. The number of carbonyl (C=O) groups is 1. The second kappa shape index (κ2) is 6.66. The molecule has 1 amide bonds. The lowest BCUT2D eigenvalue weighted by atomic mass is 9.98. The van der Waals surface area contributed by atoms with Crippen molar-refractivity contribution in [3.05, 3.63) is 40.5 Å². The highest BCUT2D eigenvalue weighted by Crippen LogP contribution is 2.45. The highest BCUT2D eigenvalue weighted by atomic mass is 35.5. The summed E-state index contributed by atoms with van der Waals surface area (Å²) in [5, 5.41) is 10.5. The summed E-state index contributed by atoms with van der Waals surface area (Å²) in [6.45, 7) is 2.45. The molecule has 3 heterocycles. The zero-order valence-corrected chi connectivity index (χ0v) is 15.2. The number of para-hydroxylation sites is 1. The van der Waals surface area contributed by atoms with Crippen LogP contribution in [0.1, 0.15) is 36.3 Å². The first-order chi connectivity index (χ1) is 12.2. The fraction of sp³-hybridized carbons (Fsp3) is 0.389. The van der Waals surface area contributed by atoms with Crippen molar-refractivity contribution in [2.45, 2.75) is 25.2 Å².